The van der Waals surface area contributed by atoms with E-state index >= 15 is 0 Å². The average molecular weight is 173 g/mol. The summed E-state index contributed by atoms with van der Waals surface area (Å²) in [6, 6.07) is -0.300. The molecule has 12 heavy (non-hydrogen) atoms. The SMILES string of the molecule is COC(=O)CC1[NH2+]CCNC1=O. The molecule has 5 nitrogen and oxygen atoms in total. The number of rotatable bonds is 2. The highest BCUT2D eigenvalue weighted by Gasteiger charge is 2.27. The van der Waals surface area contributed by atoms with Crippen LogP contribution in [0.3, 0.4) is 0 Å². The van der Waals surface area contributed by atoms with E-state index in [1.165, 1.54) is 7.11 Å². The molecule has 1 fully saturated rings. The van der Waals surface area contributed by atoms with Gasteiger partial charge in [0.05, 0.1) is 20.2 Å². The Morgan fingerprint density at radius 3 is 3.17 bits per heavy atom. The number of ether oxygens (including phenoxy) is 1. The third-order valence-corrected chi connectivity index (χ3v) is 1.85. The summed E-state index contributed by atoms with van der Waals surface area (Å²) >= 11 is 0. The average Bonchev–Trinajstić information content (AvgIpc) is 2.09. The van der Waals surface area contributed by atoms with Gasteiger partial charge in [-0.1, -0.05) is 0 Å². The topological polar surface area (TPSA) is 72.0 Å². The van der Waals surface area contributed by atoms with Gasteiger partial charge in [-0.05, 0) is 0 Å². The highest BCUT2D eigenvalue weighted by atomic mass is 16.5. The van der Waals surface area contributed by atoms with Crippen molar-refractivity contribution in [3.8, 4) is 0 Å². The minimum Gasteiger partial charge on any atom is -0.469 e. The molecule has 1 aliphatic rings. The molecular weight excluding hydrogens is 160 g/mol. The highest BCUT2D eigenvalue weighted by Crippen LogP contribution is 1.91. The number of carbonyl (C=O) groups is 2. The van der Waals surface area contributed by atoms with Gasteiger partial charge >= 0.3 is 5.97 Å². The maximum atomic E-state index is 11.1. The van der Waals surface area contributed by atoms with Crippen molar-refractivity contribution in [1.82, 2.24) is 5.32 Å². The standard InChI is InChI=1S/C7H12N2O3/c1-12-6(10)4-5-7(11)9-3-2-8-5/h5,8H,2-4H2,1H3,(H,9,11)/p+1. The second-order valence-corrected chi connectivity index (χ2v) is 2.70. The Morgan fingerprint density at radius 2 is 2.58 bits per heavy atom. The van der Waals surface area contributed by atoms with Crippen molar-refractivity contribution in [2.75, 3.05) is 20.2 Å². The molecule has 0 radical (unpaired) electrons. The number of methoxy groups -OCH3 is 1. The summed E-state index contributed by atoms with van der Waals surface area (Å²) in [5.41, 5.74) is 0. The van der Waals surface area contributed by atoms with Gasteiger partial charge in [-0.25, -0.2) is 0 Å². The smallest absolute Gasteiger partial charge is 0.312 e. The molecule has 0 aromatic heterocycles. The zero-order chi connectivity index (χ0) is 8.97. The van der Waals surface area contributed by atoms with Crippen molar-refractivity contribution in [1.29, 1.82) is 0 Å². The lowest BCUT2D eigenvalue weighted by molar-refractivity contribution is -0.678. The van der Waals surface area contributed by atoms with Crippen molar-refractivity contribution in [2.45, 2.75) is 12.5 Å². The first-order valence-corrected chi connectivity index (χ1v) is 3.92. The van der Waals surface area contributed by atoms with E-state index in [-0.39, 0.29) is 24.3 Å². The Bertz CT molecular complexity index is 193. The van der Waals surface area contributed by atoms with Crippen LogP contribution >= 0.6 is 0 Å². The number of nitrogens with one attached hydrogen (secondary N) is 1. The van der Waals surface area contributed by atoms with Crippen LogP contribution in [-0.2, 0) is 14.3 Å². The lowest BCUT2D eigenvalue weighted by Gasteiger charge is -2.18. The molecule has 5 heteroatoms. The molecule has 68 valence electrons. The van der Waals surface area contributed by atoms with Gasteiger partial charge in [-0.2, -0.15) is 0 Å². The predicted molar refractivity (Wildman–Crippen MR) is 40.2 cm³/mol. The summed E-state index contributed by atoms with van der Waals surface area (Å²) in [4.78, 5) is 21.9. The fourth-order valence-electron chi connectivity index (χ4n) is 1.16. The van der Waals surface area contributed by atoms with E-state index in [2.05, 4.69) is 10.1 Å². The first kappa shape index (κ1) is 8.99. The minimum absolute atomic E-state index is 0.0772. The molecule has 1 amide bonds. The van der Waals surface area contributed by atoms with E-state index in [0.717, 1.165) is 6.54 Å². The maximum absolute atomic E-state index is 11.1. The molecule has 1 rings (SSSR count). The van der Waals surface area contributed by atoms with E-state index in [0.29, 0.717) is 6.54 Å². The molecule has 1 atom stereocenters. The van der Waals surface area contributed by atoms with E-state index in [4.69, 9.17) is 0 Å². The summed E-state index contributed by atoms with van der Waals surface area (Å²) in [6.07, 6.45) is 0.155. The first-order chi connectivity index (χ1) is 5.74. The molecule has 3 N–H and O–H groups in total. The largest absolute Gasteiger partial charge is 0.469 e. The normalized spacial score (nSPS) is 23.1. The van der Waals surface area contributed by atoms with Gasteiger partial charge in [0.1, 0.15) is 6.42 Å². The third-order valence-electron chi connectivity index (χ3n) is 1.85. The van der Waals surface area contributed by atoms with Crippen molar-refractivity contribution in [3.05, 3.63) is 0 Å². The minimum atomic E-state index is -0.340. The molecule has 1 unspecified atom stereocenters. The number of quaternary nitrogens is 1. The predicted octanol–water partition coefficient (Wildman–Crippen LogP) is -2.39. The van der Waals surface area contributed by atoms with Crippen LogP contribution in [-0.4, -0.2) is 38.1 Å². The maximum Gasteiger partial charge on any atom is 0.312 e. The van der Waals surface area contributed by atoms with Crippen LogP contribution in [0, 0.1) is 0 Å². The zero-order valence-corrected chi connectivity index (χ0v) is 7.00. The van der Waals surface area contributed by atoms with Crippen molar-refractivity contribution >= 4 is 11.9 Å². The molecule has 1 aliphatic heterocycles. The van der Waals surface area contributed by atoms with Crippen molar-refractivity contribution in [2.24, 2.45) is 0 Å². The summed E-state index contributed by atoms with van der Waals surface area (Å²) in [5.74, 6) is -0.417. The van der Waals surface area contributed by atoms with Crippen LogP contribution in [0.25, 0.3) is 0 Å². The van der Waals surface area contributed by atoms with Crippen LogP contribution < -0.4 is 10.6 Å². The Balaban J connectivity index is 2.39. The molecule has 0 aromatic rings. The summed E-state index contributed by atoms with van der Waals surface area (Å²) in [5, 5.41) is 4.54. The number of amides is 1. The van der Waals surface area contributed by atoms with Crippen LogP contribution in [0.15, 0.2) is 0 Å². The summed E-state index contributed by atoms with van der Waals surface area (Å²) in [6.45, 7) is 1.50. The van der Waals surface area contributed by atoms with Gasteiger partial charge in [0, 0.05) is 0 Å². The lowest BCUT2D eigenvalue weighted by atomic mass is 10.1. The fraction of sp³-hybridized carbons (Fsp3) is 0.714. The fourth-order valence-corrected chi connectivity index (χ4v) is 1.16. The molecule has 0 aliphatic carbocycles. The number of carbonyl (C=O) groups excluding carboxylic acids is 2. The van der Waals surface area contributed by atoms with E-state index in [1.54, 1.807) is 0 Å². The van der Waals surface area contributed by atoms with E-state index in [1.807, 2.05) is 5.32 Å². The Morgan fingerprint density at radius 1 is 1.83 bits per heavy atom. The van der Waals surface area contributed by atoms with Crippen LogP contribution in [0.2, 0.25) is 0 Å². The van der Waals surface area contributed by atoms with Crippen LogP contribution in [0.5, 0.6) is 0 Å². The molecule has 1 heterocycles. The van der Waals surface area contributed by atoms with Crippen LogP contribution in [0.1, 0.15) is 6.42 Å². The third kappa shape index (κ3) is 2.20. The number of nitrogens with two attached hydrogens (primary N) is 1. The van der Waals surface area contributed by atoms with Crippen molar-refractivity contribution in [3.63, 3.8) is 0 Å². The van der Waals surface area contributed by atoms with E-state index in [9.17, 15) is 9.59 Å². The Labute approximate surface area is 70.5 Å². The van der Waals surface area contributed by atoms with Gasteiger partial charge in [0.15, 0.2) is 6.04 Å². The molecule has 0 saturated carbocycles. The number of esters is 1. The van der Waals surface area contributed by atoms with Gasteiger partial charge < -0.3 is 15.4 Å². The Hall–Kier alpha value is -1.10. The molecular formula is C7H13N2O3+. The van der Waals surface area contributed by atoms with Crippen molar-refractivity contribution < 1.29 is 19.6 Å². The summed E-state index contributed by atoms with van der Waals surface area (Å²) in [7, 11) is 1.32. The number of hydrogen-bond donors (Lipinski definition) is 2. The molecule has 0 bridgehead atoms. The van der Waals surface area contributed by atoms with E-state index < -0.39 is 0 Å². The second-order valence-electron chi connectivity index (χ2n) is 2.70. The molecule has 0 spiro atoms. The van der Waals surface area contributed by atoms with Gasteiger partial charge in [-0.15, -0.1) is 0 Å². The van der Waals surface area contributed by atoms with Gasteiger partial charge in [0.2, 0.25) is 0 Å². The molecule has 0 aromatic carbocycles. The summed E-state index contributed by atoms with van der Waals surface area (Å²) < 4.78 is 4.46. The zero-order valence-electron chi connectivity index (χ0n) is 7.00. The van der Waals surface area contributed by atoms with Crippen LogP contribution in [0.4, 0.5) is 0 Å². The number of piperazine rings is 1. The lowest BCUT2D eigenvalue weighted by Crippen LogP contribution is -2.96. The Kier molecular flexibility index (Phi) is 3.04. The monoisotopic (exact) mass is 173 g/mol. The van der Waals surface area contributed by atoms with Gasteiger partial charge in [-0.3, -0.25) is 9.59 Å². The molecule has 1 saturated heterocycles. The first-order valence-electron chi connectivity index (χ1n) is 3.92. The van der Waals surface area contributed by atoms with Gasteiger partial charge in [0.25, 0.3) is 5.91 Å². The second kappa shape index (κ2) is 4.06. The number of hydrogen-bond acceptors (Lipinski definition) is 3. The highest BCUT2D eigenvalue weighted by molar-refractivity contribution is 5.85. The quantitative estimate of drug-likeness (QED) is 0.458.